The summed E-state index contributed by atoms with van der Waals surface area (Å²) in [5, 5.41) is 10.6. The molecular weight excluding hydrogens is 215 g/mol. The molecule has 1 rings (SSSR count). The van der Waals surface area contributed by atoms with Crippen molar-refractivity contribution in [1.82, 2.24) is 0 Å². The number of hydrogen-bond donors (Lipinski definition) is 1. The zero-order valence-corrected chi connectivity index (χ0v) is 9.07. The van der Waals surface area contributed by atoms with Gasteiger partial charge in [-0.05, 0) is 6.07 Å². The smallest absolute Gasteiger partial charge is 0.269 e. The van der Waals surface area contributed by atoms with Gasteiger partial charge in [-0.25, -0.2) is 10.3 Å². The summed E-state index contributed by atoms with van der Waals surface area (Å²) in [6.07, 6.45) is 0. The first-order chi connectivity index (χ1) is 7.38. The number of hydrogen-bond acceptors (Lipinski definition) is 4. The molecule has 1 aromatic carbocycles. The molecule has 0 amide bonds. The molecule has 0 atom stereocenters. The number of nitro groups is 1. The van der Waals surface area contributed by atoms with Crippen LogP contribution in [0.25, 0.3) is 0 Å². The Bertz CT molecular complexity index is 407. The average Bonchev–Trinajstić information content (AvgIpc) is 2.17. The lowest BCUT2D eigenvalue weighted by Gasteiger charge is -2.23. The van der Waals surface area contributed by atoms with E-state index < -0.39 is 16.2 Å². The van der Waals surface area contributed by atoms with Gasteiger partial charge >= 0.3 is 0 Å². The number of nitrogens with two attached hydrogens (primary N) is 1. The zero-order chi connectivity index (χ0) is 12.3. The minimum atomic E-state index is -0.717. The summed E-state index contributed by atoms with van der Waals surface area (Å²) in [7, 11) is 0. The van der Waals surface area contributed by atoms with E-state index in [2.05, 4.69) is 4.84 Å². The minimum Gasteiger partial charge on any atom is -0.304 e. The zero-order valence-electron chi connectivity index (χ0n) is 9.07. The van der Waals surface area contributed by atoms with Crippen LogP contribution >= 0.6 is 0 Å². The van der Waals surface area contributed by atoms with Gasteiger partial charge in [0.25, 0.3) is 5.69 Å². The summed E-state index contributed by atoms with van der Waals surface area (Å²) in [6, 6.07) is 3.40. The second-order valence-corrected chi connectivity index (χ2v) is 4.12. The number of rotatable bonds is 4. The fourth-order valence-corrected chi connectivity index (χ4v) is 1.43. The maximum atomic E-state index is 13.5. The van der Waals surface area contributed by atoms with Crippen LogP contribution in [0, 0.1) is 15.9 Å². The molecule has 0 spiro atoms. The topological polar surface area (TPSA) is 78.4 Å². The molecule has 0 unspecified atom stereocenters. The molecule has 0 saturated heterocycles. The van der Waals surface area contributed by atoms with E-state index in [0.29, 0.717) is 0 Å². The van der Waals surface area contributed by atoms with E-state index in [4.69, 9.17) is 5.90 Å². The monoisotopic (exact) mass is 228 g/mol. The first-order valence-electron chi connectivity index (χ1n) is 4.64. The van der Waals surface area contributed by atoms with Gasteiger partial charge in [0.05, 0.1) is 11.5 Å². The van der Waals surface area contributed by atoms with Gasteiger partial charge < -0.3 is 4.84 Å². The van der Waals surface area contributed by atoms with E-state index in [1.807, 2.05) is 0 Å². The Morgan fingerprint density at radius 2 is 2.19 bits per heavy atom. The summed E-state index contributed by atoms with van der Waals surface area (Å²) in [4.78, 5) is 14.5. The molecule has 0 bridgehead atoms. The molecule has 0 aliphatic rings. The summed E-state index contributed by atoms with van der Waals surface area (Å²) >= 11 is 0. The molecule has 88 valence electrons. The Hall–Kier alpha value is -1.53. The van der Waals surface area contributed by atoms with Crippen LogP contribution in [-0.4, -0.2) is 11.5 Å². The molecule has 0 aliphatic carbocycles. The van der Waals surface area contributed by atoms with Crippen molar-refractivity contribution in [1.29, 1.82) is 0 Å². The van der Waals surface area contributed by atoms with Crippen molar-refractivity contribution in [2.75, 3.05) is 6.61 Å². The largest absolute Gasteiger partial charge is 0.304 e. The lowest BCUT2D eigenvalue weighted by atomic mass is 9.85. The molecule has 0 saturated carbocycles. The van der Waals surface area contributed by atoms with E-state index in [9.17, 15) is 14.5 Å². The van der Waals surface area contributed by atoms with E-state index in [1.165, 1.54) is 6.07 Å². The highest BCUT2D eigenvalue weighted by molar-refractivity contribution is 5.38. The Morgan fingerprint density at radius 1 is 1.56 bits per heavy atom. The van der Waals surface area contributed by atoms with Crippen LogP contribution in [0.5, 0.6) is 0 Å². The van der Waals surface area contributed by atoms with E-state index in [1.54, 1.807) is 13.8 Å². The lowest BCUT2D eigenvalue weighted by molar-refractivity contribution is -0.385. The third kappa shape index (κ3) is 2.53. The van der Waals surface area contributed by atoms with Gasteiger partial charge in [0.15, 0.2) is 0 Å². The minimum absolute atomic E-state index is 0.0745. The molecule has 1 aromatic rings. The molecular formula is C10H13FN2O3. The third-order valence-corrected chi connectivity index (χ3v) is 2.33. The van der Waals surface area contributed by atoms with E-state index in [0.717, 1.165) is 12.1 Å². The molecule has 0 radical (unpaired) electrons. The number of nitrogens with zero attached hydrogens (tertiary/aromatic N) is 1. The second kappa shape index (κ2) is 4.54. The number of non-ortho nitro benzene ring substituents is 1. The fourth-order valence-electron chi connectivity index (χ4n) is 1.43. The van der Waals surface area contributed by atoms with Crippen molar-refractivity contribution < 1.29 is 14.2 Å². The van der Waals surface area contributed by atoms with Crippen molar-refractivity contribution in [2.45, 2.75) is 19.3 Å². The van der Waals surface area contributed by atoms with Crippen molar-refractivity contribution >= 4 is 5.69 Å². The second-order valence-electron chi connectivity index (χ2n) is 4.12. The van der Waals surface area contributed by atoms with Crippen LogP contribution in [0.2, 0.25) is 0 Å². The summed E-state index contributed by atoms with van der Waals surface area (Å²) in [6.45, 7) is 3.47. The van der Waals surface area contributed by atoms with Gasteiger partial charge in [0.1, 0.15) is 5.82 Å². The van der Waals surface area contributed by atoms with Crippen molar-refractivity contribution in [2.24, 2.45) is 5.90 Å². The first kappa shape index (κ1) is 12.5. The number of halogens is 1. The van der Waals surface area contributed by atoms with Crippen LogP contribution in [0.4, 0.5) is 10.1 Å². The van der Waals surface area contributed by atoms with Crippen LogP contribution in [0.3, 0.4) is 0 Å². The van der Waals surface area contributed by atoms with Gasteiger partial charge in [-0.1, -0.05) is 13.8 Å². The predicted molar refractivity (Wildman–Crippen MR) is 56.2 cm³/mol. The van der Waals surface area contributed by atoms with Crippen LogP contribution < -0.4 is 5.90 Å². The van der Waals surface area contributed by atoms with Gasteiger partial charge in [-0.3, -0.25) is 10.1 Å². The van der Waals surface area contributed by atoms with Gasteiger partial charge in [0.2, 0.25) is 0 Å². The number of benzene rings is 1. The quantitative estimate of drug-likeness (QED) is 0.630. The maximum absolute atomic E-state index is 13.5. The van der Waals surface area contributed by atoms with Crippen LogP contribution in [0.15, 0.2) is 18.2 Å². The van der Waals surface area contributed by atoms with Gasteiger partial charge in [-0.2, -0.15) is 0 Å². The predicted octanol–water partition coefficient (Wildman–Crippen LogP) is 1.90. The summed E-state index contributed by atoms with van der Waals surface area (Å²) in [5.41, 5.74) is -0.654. The average molecular weight is 228 g/mol. The molecule has 5 nitrogen and oxygen atoms in total. The summed E-state index contributed by atoms with van der Waals surface area (Å²) < 4.78 is 13.5. The molecule has 0 aliphatic heterocycles. The Balaban J connectivity index is 3.21. The molecule has 0 heterocycles. The number of nitro benzene ring substituents is 1. The fraction of sp³-hybridized carbons (Fsp3) is 0.400. The van der Waals surface area contributed by atoms with Crippen molar-refractivity contribution in [3.63, 3.8) is 0 Å². The highest BCUT2D eigenvalue weighted by Gasteiger charge is 2.26. The molecule has 16 heavy (non-hydrogen) atoms. The van der Waals surface area contributed by atoms with Crippen molar-refractivity contribution in [3.05, 3.63) is 39.7 Å². The molecule has 2 N–H and O–H groups in total. The van der Waals surface area contributed by atoms with Crippen LogP contribution in [-0.2, 0) is 10.3 Å². The Kier molecular flexibility index (Phi) is 3.56. The van der Waals surface area contributed by atoms with E-state index in [-0.39, 0.29) is 17.9 Å². The van der Waals surface area contributed by atoms with Gasteiger partial charge in [0, 0.05) is 23.1 Å². The molecule has 6 heteroatoms. The molecule has 0 aromatic heterocycles. The maximum Gasteiger partial charge on any atom is 0.269 e. The van der Waals surface area contributed by atoms with Crippen LogP contribution in [0.1, 0.15) is 19.4 Å². The Morgan fingerprint density at radius 3 is 2.69 bits per heavy atom. The van der Waals surface area contributed by atoms with Gasteiger partial charge in [-0.15, -0.1) is 0 Å². The normalized spacial score (nSPS) is 11.5. The highest BCUT2D eigenvalue weighted by Crippen LogP contribution is 2.29. The lowest BCUT2D eigenvalue weighted by Crippen LogP contribution is -2.27. The standard InChI is InChI=1S/C10H13FN2O3/c1-10(2,6-16-12)8-5-7(13(14)15)3-4-9(8)11/h3-5H,6,12H2,1-2H3. The SMILES string of the molecule is CC(C)(CON)c1cc([N+](=O)[O-])ccc1F. The molecule has 0 fully saturated rings. The van der Waals surface area contributed by atoms with E-state index >= 15 is 0 Å². The summed E-state index contributed by atoms with van der Waals surface area (Å²) in [5.74, 6) is 4.44. The Labute approximate surface area is 92.1 Å². The van der Waals surface area contributed by atoms with Crippen molar-refractivity contribution in [3.8, 4) is 0 Å². The third-order valence-electron chi connectivity index (χ3n) is 2.33. The first-order valence-corrected chi connectivity index (χ1v) is 4.64. The highest BCUT2D eigenvalue weighted by atomic mass is 19.1.